The fourth-order valence-corrected chi connectivity index (χ4v) is 2.47. The molecule has 1 aliphatic heterocycles. The highest BCUT2D eigenvalue weighted by Crippen LogP contribution is 2.16. The Bertz CT molecular complexity index is 667. The maximum absolute atomic E-state index is 12.2. The molecule has 21 heavy (non-hydrogen) atoms. The first kappa shape index (κ1) is 13.2. The Morgan fingerprint density at radius 3 is 2.71 bits per heavy atom. The Hall–Kier alpha value is -2.81. The number of piperazine rings is 1. The summed E-state index contributed by atoms with van der Waals surface area (Å²) in [7, 11) is 0. The highest BCUT2D eigenvalue weighted by molar-refractivity contribution is 5.91. The molecular weight excluding hydrogens is 268 g/mol. The summed E-state index contributed by atoms with van der Waals surface area (Å²) in [6, 6.07) is 9.15. The Morgan fingerprint density at radius 2 is 2.05 bits per heavy atom. The van der Waals surface area contributed by atoms with Gasteiger partial charge in [-0.2, -0.15) is 5.26 Å². The van der Waals surface area contributed by atoms with Gasteiger partial charge in [0.2, 0.25) is 0 Å². The highest BCUT2D eigenvalue weighted by atomic mass is 16.3. The molecule has 1 aliphatic rings. The summed E-state index contributed by atoms with van der Waals surface area (Å²) in [5.74, 6) is 1.09. The molecule has 2 aromatic rings. The molecule has 2 aromatic heterocycles. The maximum atomic E-state index is 12.2. The van der Waals surface area contributed by atoms with Crippen LogP contribution in [0.1, 0.15) is 16.1 Å². The first-order valence-electron chi connectivity index (χ1n) is 6.78. The first-order valence-corrected chi connectivity index (χ1v) is 6.78. The fourth-order valence-electron chi connectivity index (χ4n) is 2.47. The number of pyridine rings is 1. The van der Waals surface area contributed by atoms with Gasteiger partial charge in [-0.05, 0) is 24.3 Å². The number of aromatic nitrogens is 1. The van der Waals surface area contributed by atoms with Crippen LogP contribution in [0.5, 0.6) is 0 Å². The second-order valence-electron chi connectivity index (χ2n) is 4.80. The largest absolute Gasteiger partial charge is 0.459 e. The molecule has 0 atom stereocenters. The van der Waals surface area contributed by atoms with Gasteiger partial charge in [-0.3, -0.25) is 9.69 Å². The van der Waals surface area contributed by atoms with Gasteiger partial charge in [-0.1, -0.05) is 0 Å². The van der Waals surface area contributed by atoms with Gasteiger partial charge in [0.1, 0.15) is 24.7 Å². The summed E-state index contributed by atoms with van der Waals surface area (Å²) in [6.07, 6.45) is 3.30. The number of carbonyl (C=O) groups is 1. The van der Waals surface area contributed by atoms with Crippen molar-refractivity contribution < 1.29 is 14.2 Å². The van der Waals surface area contributed by atoms with E-state index in [2.05, 4.69) is 16.0 Å². The van der Waals surface area contributed by atoms with Crippen LogP contribution in [0.15, 0.2) is 41.1 Å². The SMILES string of the molecule is N#Cc1ccc[nH+]c1N1CCN(C(=O)c2ccco2)CC1. The van der Waals surface area contributed by atoms with Gasteiger partial charge in [0.25, 0.3) is 11.7 Å². The maximum Gasteiger partial charge on any atom is 0.292 e. The van der Waals surface area contributed by atoms with E-state index in [1.54, 1.807) is 35.4 Å². The Morgan fingerprint density at radius 1 is 1.24 bits per heavy atom. The minimum absolute atomic E-state index is 0.0859. The normalized spacial score (nSPS) is 14.8. The van der Waals surface area contributed by atoms with Gasteiger partial charge in [0.15, 0.2) is 5.76 Å². The zero-order valence-corrected chi connectivity index (χ0v) is 11.5. The minimum Gasteiger partial charge on any atom is -0.459 e. The second kappa shape index (κ2) is 5.67. The van der Waals surface area contributed by atoms with Crippen LogP contribution in [-0.4, -0.2) is 37.0 Å². The van der Waals surface area contributed by atoms with Crippen LogP contribution in [0.4, 0.5) is 5.82 Å². The number of nitrogens with one attached hydrogen (secondary N) is 1. The molecule has 3 heterocycles. The summed E-state index contributed by atoms with van der Waals surface area (Å²) in [6.45, 7) is 2.57. The van der Waals surface area contributed by atoms with Gasteiger partial charge >= 0.3 is 0 Å². The molecule has 0 saturated carbocycles. The van der Waals surface area contributed by atoms with E-state index in [1.807, 2.05) is 0 Å². The molecule has 0 aromatic carbocycles. The average Bonchev–Trinajstić information content (AvgIpc) is 3.09. The molecule has 6 nitrogen and oxygen atoms in total. The lowest BCUT2D eigenvalue weighted by molar-refractivity contribution is -0.364. The smallest absolute Gasteiger partial charge is 0.292 e. The van der Waals surface area contributed by atoms with Gasteiger partial charge in [0, 0.05) is 0 Å². The van der Waals surface area contributed by atoms with Crippen molar-refractivity contribution in [3.8, 4) is 6.07 Å². The predicted molar refractivity (Wildman–Crippen MR) is 74.5 cm³/mol. The van der Waals surface area contributed by atoms with Crippen molar-refractivity contribution in [2.24, 2.45) is 0 Å². The number of H-pyrrole nitrogens is 1. The Kier molecular flexibility index (Phi) is 3.56. The molecule has 6 heteroatoms. The minimum atomic E-state index is -0.0859. The van der Waals surface area contributed by atoms with Gasteiger partial charge < -0.3 is 9.32 Å². The molecule has 0 unspecified atom stereocenters. The lowest BCUT2D eigenvalue weighted by atomic mass is 10.2. The van der Waals surface area contributed by atoms with E-state index < -0.39 is 0 Å². The van der Waals surface area contributed by atoms with Crippen LogP contribution in [0.25, 0.3) is 0 Å². The van der Waals surface area contributed by atoms with E-state index in [4.69, 9.17) is 9.68 Å². The predicted octanol–water partition coefficient (Wildman–Crippen LogP) is 0.928. The summed E-state index contributed by atoms with van der Waals surface area (Å²) in [4.78, 5) is 19.1. The summed E-state index contributed by atoms with van der Waals surface area (Å²) < 4.78 is 5.14. The number of furan rings is 1. The van der Waals surface area contributed by atoms with Crippen molar-refractivity contribution in [2.45, 2.75) is 0 Å². The molecule has 0 radical (unpaired) electrons. The number of hydrogen-bond acceptors (Lipinski definition) is 4. The summed E-state index contributed by atoms with van der Waals surface area (Å²) >= 11 is 0. The van der Waals surface area contributed by atoms with Crippen LogP contribution in [0, 0.1) is 11.3 Å². The van der Waals surface area contributed by atoms with Crippen LogP contribution < -0.4 is 9.88 Å². The molecular formula is C15H15N4O2+. The number of nitriles is 1. The Labute approximate surface area is 122 Å². The van der Waals surface area contributed by atoms with Gasteiger partial charge in [0.05, 0.1) is 25.5 Å². The van der Waals surface area contributed by atoms with E-state index in [9.17, 15) is 4.79 Å². The third kappa shape index (κ3) is 2.58. The van der Waals surface area contributed by atoms with E-state index in [-0.39, 0.29) is 5.91 Å². The second-order valence-corrected chi connectivity index (χ2v) is 4.80. The lowest BCUT2D eigenvalue weighted by Crippen LogP contribution is -2.50. The summed E-state index contributed by atoms with van der Waals surface area (Å²) in [5, 5.41) is 9.14. The number of nitrogens with zero attached hydrogens (tertiary/aromatic N) is 3. The zero-order chi connectivity index (χ0) is 14.7. The zero-order valence-electron chi connectivity index (χ0n) is 11.5. The molecule has 0 bridgehead atoms. The lowest BCUT2D eigenvalue weighted by Gasteiger charge is -2.30. The highest BCUT2D eigenvalue weighted by Gasteiger charge is 2.29. The number of rotatable bonds is 2. The van der Waals surface area contributed by atoms with E-state index in [0.29, 0.717) is 37.5 Å². The van der Waals surface area contributed by atoms with E-state index >= 15 is 0 Å². The van der Waals surface area contributed by atoms with Crippen molar-refractivity contribution in [3.63, 3.8) is 0 Å². The van der Waals surface area contributed by atoms with Crippen LogP contribution in [0.3, 0.4) is 0 Å². The molecule has 1 fully saturated rings. The van der Waals surface area contributed by atoms with Crippen LogP contribution in [-0.2, 0) is 0 Å². The topological polar surface area (TPSA) is 74.6 Å². The Balaban J connectivity index is 1.68. The standard InChI is InChI=1S/C15H14N4O2/c16-11-12-3-1-5-17-14(12)18-6-8-19(9-7-18)15(20)13-4-2-10-21-13/h1-5,10H,6-9H2/p+1. The number of hydrogen-bond donors (Lipinski definition) is 0. The number of carbonyl (C=O) groups excluding carboxylic acids is 1. The number of amides is 1. The van der Waals surface area contributed by atoms with Crippen LogP contribution in [0.2, 0.25) is 0 Å². The summed E-state index contributed by atoms with van der Waals surface area (Å²) in [5.41, 5.74) is 0.614. The molecule has 3 rings (SSSR count). The van der Waals surface area contributed by atoms with Crippen LogP contribution >= 0.6 is 0 Å². The van der Waals surface area contributed by atoms with Crippen molar-refractivity contribution in [1.82, 2.24) is 4.90 Å². The van der Waals surface area contributed by atoms with Gasteiger partial charge in [-0.25, -0.2) is 4.98 Å². The molecule has 0 spiro atoms. The van der Waals surface area contributed by atoms with Crippen molar-refractivity contribution >= 4 is 11.7 Å². The van der Waals surface area contributed by atoms with Crippen molar-refractivity contribution in [2.75, 3.05) is 31.1 Å². The molecule has 0 aliphatic carbocycles. The molecule has 1 amide bonds. The average molecular weight is 283 g/mol. The number of anilines is 1. The number of aromatic amines is 1. The third-order valence-corrected chi connectivity index (χ3v) is 3.57. The molecule has 106 valence electrons. The quantitative estimate of drug-likeness (QED) is 0.821. The van der Waals surface area contributed by atoms with E-state index in [0.717, 1.165) is 5.82 Å². The third-order valence-electron chi connectivity index (χ3n) is 3.57. The monoisotopic (exact) mass is 283 g/mol. The van der Waals surface area contributed by atoms with E-state index in [1.165, 1.54) is 6.26 Å². The fraction of sp³-hybridized carbons (Fsp3) is 0.267. The molecule has 1 saturated heterocycles. The van der Waals surface area contributed by atoms with Crippen molar-refractivity contribution in [3.05, 3.63) is 48.0 Å². The first-order chi connectivity index (χ1) is 10.3. The van der Waals surface area contributed by atoms with Gasteiger partial charge in [-0.15, -0.1) is 0 Å². The molecule has 1 N–H and O–H groups in total. The van der Waals surface area contributed by atoms with Crippen molar-refractivity contribution in [1.29, 1.82) is 5.26 Å².